The van der Waals surface area contributed by atoms with Crippen LogP contribution in [0.1, 0.15) is 21.5 Å². The van der Waals surface area contributed by atoms with Crippen molar-refractivity contribution in [2.75, 3.05) is 19.0 Å². The maximum absolute atomic E-state index is 12.4. The predicted octanol–water partition coefficient (Wildman–Crippen LogP) is 3.45. The number of aromatic nitrogens is 2. The van der Waals surface area contributed by atoms with E-state index in [1.54, 1.807) is 12.4 Å². The fourth-order valence-corrected chi connectivity index (χ4v) is 2.62. The van der Waals surface area contributed by atoms with Crippen LogP contribution in [-0.4, -0.2) is 30.0 Å². The molecular formula is C21H22N4O. The molecule has 1 heterocycles. The summed E-state index contributed by atoms with van der Waals surface area (Å²) in [7, 11) is 4.02. The van der Waals surface area contributed by atoms with Gasteiger partial charge < -0.3 is 10.2 Å². The second-order valence-corrected chi connectivity index (χ2v) is 6.35. The molecule has 26 heavy (non-hydrogen) atoms. The molecule has 1 aromatic heterocycles. The van der Waals surface area contributed by atoms with E-state index in [0.29, 0.717) is 17.9 Å². The van der Waals surface area contributed by atoms with Gasteiger partial charge in [0.2, 0.25) is 0 Å². The zero-order chi connectivity index (χ0) is 18.5. The second-order valence-electron chi connectivity index (χ2n) is 6.35. The minimum absolute atomic E-state index is 0.180. The van der Waals surface area contributed by atoms with Gasteiger partial charge in [0.25, 0.3) is 5.91 Å². The normalized spacial score (nSPS) is 10.4. The number of benzene rings is 2. The van der Waals surface area contributed by atoms with Crippen molar-refractivity contribution in [1.82, 2.24) is 15.3 Å². The molecule has 132 valence electrons. The van der Waals surface area contributed by atoms with Gasteiger partial charge in [-0.3, -0.25) is 4.79 Å². The molecular weight excluding hydrogens is 324 g/mol. The van der Waals surface area contributed by atoms with Gasteiger partial charge in [-0.2, -0.15) is 0 Å². The lowest BCUT2D eigenvalue weighted by atomic mass is 10.1. The average Bonchev–Trinajstić information content (AvgIpc) is 2.67. The number of anilines is 1. The van der Waals surface area contributed by atoms with Crippen molar-refractivity contribution in [3.05, 3.63) is 77.6 Å². The number of hydrogen-bond donors (Lipinski definition) is 1. The van der Waals surface area contributed by atoms with Gasteiger partial charge in [-0.05, 0) is 30.2 Å². The molecule has 0 atom stereocenters. The van der Waals surface area contributed by atoms with Crippen molar-refractivity contribution < 1.29 is 4.79 Å². The quantitative estimate of drug-likeness (QED) is 0.769. The number of carbonyl (C=O) groups excluding carboxylic acids is 1. The van der Waals surface area contributed by atoms with Crippen LogP contribution in [-0.2, 0) is 6.54 Å². The fraction of sp³-hybridized carbons (Fsp3) is 0.190. The fourth-order valence-electron chi connectivity index (χ4n) is 2.62. The Morgan fingerprint density at radius 3 is 2.35 bits per heavy atom. The van der Waals surface area contributed by atoms with E-state index >= 15 is 0 Å². The Kier molecular flexibility index (Phi) is 5.27. The number of nitrogens with one attached hydrogen (secondary N) is 1. The first kappa shape index (κ1) is 17.6. The number of hydrogen-bond acceptors (Lipinski definition) is 4. The summed E-state index contributed by atoms with van der Waals surface area (Å²) in [5.41, 5.74) is 4.75. The highest BCUT2D eigenvalue weighted by molar-refractivity contribution is 5.93. The Labute approximate surface area is 153 Å². The SMILES string of the molecule is Cc1cc(N(C)C)ccc1CNC(=O)c1cnc(-c2ccccc2)nc1. The van der Waals surface area contributed by atoms with Crippen LogP contribution in [0.5, 0.6) is 0 Å². The second kappa shape index (κ2) is 7.78. The van der Waals surface area contributed by atoms with E-state index in [2.05, 4.69) is 26.3 Å². The average molecular weight is 346 g/mol. The van der Waals surface area contributed by atoms with Crippen LogP contribution < -0.4 is 10.2 Å². The summed E-state index contributed by atoms with van der Waals surface area (Å²) in [6, 6.07) is 15.9. The summed E-state index contributed by atoms with van der Waals surface area (Å²) in [6.45, 7) is 2.52. The first-order valence-electron chi connectivity index (χ1n) is 8.47. The monoisotopic (exact) mass is 346 g/mol. The van der Waals surface area contributed by atoms with E-state index in [4.69, 9.17) is 0 Å². The molecule has 3 aromatic rings. The van der Waals surface area contributed by atoms with Crippen LogP contribution >= 0.6 is 0 Å². The highest BCUT2D eigenvalue weighted by Gasteiger charge is 2.09. The van der Waals surface area contributed by atoms with Crippen LogP contribution in [0.2, 0.25) is 0 Å². The number of amides is 1. The summed E-state index contributed by atoms with van der Waals surface area (Å²) in [6.07, 6.45) is 3.12. The molecule has 1 N–H and O–H groups in total. The first-order chi connectivity index (χ1) is 12.5. The summed E-state index contributed by atoms with van der Waals surface area (Å²) >= 11 is 0. The molecule has 0 radical (unpaired) electrons. The largest absolute Gasteiger partial charge is 0.378 e. The van der Waals surface area contributed by atoms with Crippen LogP contribution in [0, 0.1) is 6.92 Å². The van der Waals surface area contributed by atoms with Gasteiger partial charge in [0, 0.05) is 44.3 Å². The third-order valence-corrected chi connectivity index (χ3v) is 4.23. The van der Waals surface area contributed by atoms with Crippen molar-refractivity contribution in [2.45, 2.75) is 13.5 Å². The molecule has 0 aliphatic carbocycles. The van der Waals surface area contributed by atoms with Crippen molar-refractivity contribution >= 4 is 11.6 Å². The van der Waals surface area contributed by atoms with Crippen molar-refractivity contribution in [2.24, 2.45) is 0 Å². The third kappa shape index (κ3) is 4.06. The van der Waals surface area contributed by atoms with Gasteiger partial charge in [0.15, 0.2) is 5.82 Å². The van der Waals surface area contributed by atoms with E-state index < -0.39 is 0 Å². The van der Waals surface area contributed by atoms with E-state index in [1.165, 1.54) is 0 Å². The number of nitrogens with zero attached hydrogens (tertiary/aromatic N) is 3. The zero-order valence-electron chi connectivity index (χ0n) is 15.2. The summed E-state index contributed by atoms with van der Waals surface area (Å²) in [5.74, 6) is 0.429. The van der Waals surface area contributed by atoms with Crippen LogP contribution in [0.15, 0.2) is 60.9 Å². The molecule has 0 saturated heterocycles. The molecule has 0 aliphatic rings. The Balaban J connectivity index is 1.65. The summed E-state index contributed by atoms with van der Waals surface area (Å²) < 4.78 is 0. The minimum Gasteiger partial charge on any atom is -0.378 e. The molecule has 5 heteroatoms. The van der Waals surface area contributed by atoms with E-state index in [-0.39, 0.29) is 5.91 Å². The first-order valence-corrected chi connectivity index (χ1v) is 8.47. The maximum atomic E-state index is 12.4. The van der Waals surface area contributed by atoms with Gasteiger partial charge in [0.05, 0.1) is 5.56 Å². The molecule has 0 unspecified atom stereocenters. The van der Waals surface area contributed by atoms with Crippen LogP contribution in [0.4, 0.5) is 5.69 Å². The van der Waals surface area contributed by atoms with Gasteiger partial charge >= 0.3 is 0 Å². The van der Waals surface area contributed by atoms with Gasteiger partial charge in [-0.25, -0.2) is 9.97 Å². The molecule has 0 spiro atoms. The number of aryl methyl sites for hydroxylation is 1. The predicted molar refractivity (Wildman–Crippen MR) is 104 cm³/mol. The molecule has 1 amide bonds. The van der Waals surface area contributed by atoms with Crippen molar-refractivity contribution in [3.8, 4) is 11.4 Å². The topological polar surface area (TPSA) is 58.1 Å². The summed E-state index contributed by atoms with van der Waals surface area (Å²) in [5, 5.41) is 2.93. The van der Waals surface area contributed by atoms with Crippen molar-refractivity contribution in [3.63, 3.8) is 0 Å². The molecule has 0 saturated carbocycles. The molecule has 2 aromatic carbocycles. The highest BCUT2D eigenvalue weighted by atomic mass is 16.1. The molecule has 0 aliphatic heterocycles. The van der Waals surface area contributed by atoms with Crippen LogP contribution in [0.25, 0.3) is 11.4 Å². The van der Waals surface area contributed by atoms with E-state index in [0.717, 1.165) is 22.4 Å². The number of carbonyl (C=O) groups is 1. The Morgan fingerprint density at radius 1 is 1.04 bits per heavy atom. The van der Waals surface area contributed by atoms with Gasteiger partial charge in [-0.15, -0.1) is 0 Å². The zero-order valence-corrected chi connectivity index (χ0v) is 15.2. The molecule has 0 fully saturated rings. The minimum atomic E-state index is -0.180. The molecule has 3 rings (SSSR count). The lowest BCUT2D eigenvalue weighted by Gasteiger charge is -2.15. The van der Waals surface area contributed by atoms with E-state index in [9.17, 15) is 4.79 Å². The Morgan fingerprint density at radius 2 is 1.73 bits per heavy atom. The van der Waals surface area contributed by atoms with Gasteiger partial charge in [0.1, 0.15) is 0 Å². The van der Waals surface area contributed by atoms with Gasteiger partial charge in [-0.1, -0.05) is 36.4 Å². The van der Waals surface area contributed by atoms with Crippen molar-refractivity contribution in [1.29, 1.82) is 0 Å². The Hall–Kier alpha value is -3.21. The third-order valence-electron chi connectivity index (χ3n) is 4.23. The Bertz CT molecular complexity index is 890. The lowest BCUT2D eigenvalue weighted by molar-refractivity contribution is 0.0950. The highest BCUT2D eigenvalue weighted by Crippen LogP contribution is 2.17. The maximum Gasteiger partial charge on any atom is 0.254 e. The van der Waals surface area contributed by atoms with Crippen LogP contribution in [0.3, 0.4) is 0 Å². The van der Waals surface area contributed by atoms with E-state index in [1.807, 2.05) is 63.5 Å². The molecule has 0 bridgehead atoms. The standard InChI is InChI=1S/C21H22N4O/c1-15-11-19(25(2)3)10-9-17(15)12-24-21(26)18-13-22-20(23-14-18)16-7-5-4-6-8-16/h4-11,13-14H,12H2,1-3H3,(H,24,26). The number of rotatable bonds is 5. The molecule has 5 nitrogen and oxygen atoms in total. The lowest BCUT2D eigenvalue weighted by Crippen LogP contribution is -2.23. The smallest absolute Gasteiger partial charge is 0.254 e. The summed E-state index contributed by atoms with van der Waals surface area (Å²) in [4.78, 5) is 23.0.